The number of aryl methyl sites for hydroxylation is 1. The molecule has 0 unspecified atom stereocenters. The Morgan fingerprint density at radius 3 is 2.24 bits per heavy atom. The van der Waals surface area contributed by atoms with E-state index < -0.39 is 23.3 Å². The molecule has 0 aromatic heterocycles. The fourth-order valence-corrected chi connectivity index (χ4v) is 2.36. The minimum Gasteiger partial charge on any atom is -0.481 e. The first-order chi connectivity index (χ1) is 9.90. The number of benzene rings is 1. The molecule has 2 amide bonds. The van der Waals surface area contributed by atoms with Crippen LogP contribution in [0.5, 0.6) is 0 Å². The Balaban J connectivity index is 1.94. The Labute approximate surface area is 122 Å². The minimum atomic E-state index is -0.978. The molecular formula is C15H18N2O4. The van der Waals surface area contributed by atoms with Crippen LogP contribution < -0.4 is 10.6 Å². The number of anilines is 1. The Morgan fingerprint density at radius 2 is 1.76 bits per heavy atom. The first-order valence-corrected chi connectivity index (χ1v) is 6.82. The number of hydrogen-bond donors (Lipinski definition) is 3. The summed E-state index contributed by atoms with van der Waals surface area (Å²) in [7, 11) is 0. The Bertz CT molecular complexity index is 562. The van der Waals surface area contributed by atoms with Crippen molar-refractivity contribution in [3.8, 4) is 0 Å². The zero-order chi connectivity index (χ0) is 15.5. The Kier molecular flexibility index (Phi) is 4.26. The topological polar surface area (TPSA) is 95.5 Å². The van der Waals surface area contributed by atoms with Crippen molar-refractivity contribution in [2.24, 2.45) is 0 Å². The van der Waals surface area contributed by atoms with E-state index in [9.17, 15) is 14.4 Å². The summed E-state index contributed by atoms with van der Waals surface area (Å²) in [4.78, 5) is 34.5. The summed E-state index contributed by atoms with van der Waals surface area (Å²) in [6, 6.07) is 7.06. The van der Waals surface area contributed by atoms with E-state index in [4.69, 9.17) is 5.11 Å². The van der Waals surface area contributed by atoms with Gasteiger partial charge in [-0.25, -0.2) is 0 Å². The summed E-state index contributed by atoms with van der Waals surface area (Å²) in [6.45, 7) is 1.92. The molecule has 3 N–H and O–H groups in total. The fraction of sp³-hybridized carbons (Fsp3) is 0.400. The second kappa shape index (κ2) is 5.95. The lowest BCUT2D eigenvalue weighted by molar-refractivity contribution is -0.143. The average Bonchev–Trinajstić information content (AvgIpc) is 2.38. The molecule has 1 fully saturated rings. The number of carbonyl (C=O) groups excluding carboxylic acids is 2. The number of carboxylic acid groups (broad SMARTS) is 1. The van der Waals surface area contributed by atoms with Gasteiger partial charge >= 0.3 is 17.8 Å². The highest BCUT2D eigenvalue weighted by molar-refractivity contribution is 6.39. The molecule has 2 rings (SSSR count). The smallest absolute Gasteiger partial charge is 0.313 e. The molecule has 0 heterocycles. The molecule has 21 heavy (non-hydrogen) atoms. The van der Waals surface area contributed by atoms with Gasteiger partial charge in [0.05, 0.1) is 12.0 Å². The second-order valence-corrected chi connectivity index (χ2v) is 5.48. The maximum Gasteiger partial charge on any atom is 0.313 e. The van der Waals surface area contributed by atoms with E-state index in [0.717, 1.165) is 12.0 Å². The van der Waals surface area contributed by atoms with Crippen molar-refractivity contribution in [2.75, 3.05) is 5.32 Å². The number of amides is 2. The third-order valence-corrected chi connectivity index (χ3v) is 3.69. The standard InChI is InChI=1S/C15H18N2O4/c1-10-3-5-11(6-4-10)16-13(20)14(21)17-15(7-2-8-15)9-12(18)19/h3-6H,2,7-9H2,1H3,(H,16,20)(H,17,21)(H,18,19). The Morgan fingerprint density at radius 1 is 1.14 bits per heavy atom. The normalized spacial score (nSPS) is 15.7. The van der Waals surface area contributed by atoms with Gasteiger partial charge in [0.2, 0.25) is 0 Å². The van der Waals surface area contributed by atoms with E-state index >= 15 is 0 Å². The highest BCUT2D eigenvalue weighted by Gasteiger charge is 2.41. The lowest BCUT2D eigenvalue weighted by Crippen LogP contribution is -2.57. The van der Waals surface area contributed by atoms with Gasteiger partial charge in [0.1, 0.15) is 0 Å². The molecule has 0 bridgehead atoms. The number of hydrogen-bond acceptors (Lipinski definition) is 3. The van der Waals surface area contributed by atoms with Gasteiger partial charge in [0, 0.05) is 5.69 Å². The highest BCUT2D eigenvalue weighted by atomic mass is 16.4. The molecular weight excluding hydrogens is 272 g/mol. The van der Waals surface area contributed by atoms with Crippen LogP contribution in [0.15, 0.2) is 24.3 Å². The maximum absolute atomic E-state index is 11.9. The van der Waals surface area contributed by atoms with Crippen LogP contribution >= 0.6 is 0 Å². The molecule has 1 aromatic carbocycles. The van der Waals surface area contributed by atoms with E-state index in [2.05, 4.69) is 10.6 Å². The Hall–Kier alpha value is -2.37. The molecule has 6 heteroatoms. The van der Waals surface area contributed by atoms with E-state index in [0.29, 0.717) is 18.5 Å². The molecule has 0 spiro atoms. The quantitative estimate of drug-likeness (QED) is 0.731. The summed E-state index contributed by atoms with van der Waals surface area (Å²) in [5, 5.41) is 13.9. The van der Waals surface area contributed by atoms with Crippen LogP contribution in [0.25, 0.3) is 0 Å². The van der Waals surface area contributed by atoms with Gasteiger partial charge in [0.25, 0.3) is 0 Å². The molecule has 0 aliphatic heterocycles. The SMILES string of the molecule is Cc1ccc(NC(=O)C(=O)NC2(CC(=O)O)CCC2)cc1. The van der Waals surface area contributed by atoms with Crippen molar-refractivity contribution < 1.29 is 19.5 Å². The predicted molar refractivity (Wildman–Crippen MR) is 76.8 cm³/mol. The molecule has 1 aromatic rings. The number of carbonyl (C=O) groups is 3. The number of carboxylic acids is 1. The predicted octanol–water partition coefficient (Wildman–Crippen LogP) is 1.45. The minimum absolute atomic E-state index is 0.156. The van der Waals surface area contributed by atoms with Gasteiger partial charge in [-0.2, -0.15) is 0 Å². The number of rotatable bonds is 4. The average molecular weight is 290 g/mol. The van der Waals surface area contributed by atoms with Crippen LogP contribution in [-0.4, -0.2) is 28.4 Å². The summed E-state index contributed by atoms with van der Waals surface area (Å²) >= 11 is 0. The van der Waals surface area contributed by atoms with Crippen molar-refractivity contribution in [2.45, 2.75) is 38.1 Å². The third-order valence-electron chi connectivity index (χ3n) is 3.69. The van der Waals surface area contributed by atoms with Crippen LogP contribution in [0.4, 0.5) is 5.69 Å². The van der Waals surface area contributed by atoms with E-state index in [-0.39, 0.29) is 6.42 Å². The van der Waals surface area contributed by atoms with Crippen molar-refractivity contribution in [1.29, 1.82) is 0 Å². The zero-order valence-electron chi connectivity index (χ0n) is 11.8. The van der Waals surface area contributed by atoms with Gasteiger partial charge < -0.3 is 15.7 Å². The second-order valence-electron chi connectivity index (χ2n) is 5.48. The maximum atomic E-state index is 11.9. The zero-order valence-corrected chi connectivity index (χ0v) is 11.8. The van der Waals surface area contributed by atoms with E-state index in [1.54, 1.807) is 12.1 Å². The van der Waals surface area contributed by atoms with Gasteiger partial charge in [-0.3, -0.25) is 14.4 Å². The fourth-order valence-electron chi connectivity index (χ4n) is 2.36. The van der Waals surface area contributed by atoms with Crippen molar-refractivity contribution in [3.05, 3.63) is 29.8 Å². The van der Waals surface area contributed by atoms with Gasteiger partial charge in [0.15, 0.2) is 0 Å². The van der Waals surface area contributed by atoms with Gasteiger partial charge in [-0.1, -0.05) is 17.7 Å². The molecule has 6 nitrogen and oxygen atoms in total. The van der Waals surface area contributed by atoms with Crippen LogP contribution in [0.1, 0.15) is 31.2 Å². The van der Waals surface area contributed by atoms with Crippen molar-refractivity contribution in [3.63, 3.8) is 0 Å². The molecule has 0 saturated heterocycles. The number of aliphatic carboxylic acids is 1. The van der Waals surface area contributed by atoms with E-state index in [1.165, 1.54) is 0 Å². The third kappa shape index (κ3) is 3.81. The largest absolute Gasteiger partial charge is 0.481 e. The van der Waals surface area contributed by atoms with Gasteiger partial charge in [-0.15, -0.1) is 0 Å². The van der Waals surface area contributed by atoms with Gasteiger partial charge in [-0.05, 0) is 38.3 Å². The van der Waals surface area contributed by atoms with Crippen LogP contribution in [0.2, 0.25) is 0 Å². The monoisotopic (exact) mass is 290 g/mol. The van der Waals surface area contributed by atoms with Crippen LogP contribution in [0.3, 0.4) is 0 Å². The van der Waals surface area contributed by atoms with E-state index in [1.807, 2.05) is 19.1 Å². The first-order valence-electron chi connectivity index (χ1n) is 6.82. The van der Waals surface area contributed by atoms with Crippen molar-refractivity contribution >= 4 is 23.5 Å². The molecule has 1 aliphatic carbocycles. The highest BCUT2D eigenvalue weighted by Crippen LogP contribution is 2.34. The lowest BCUT2D eigenvalue weighted by atomic mass is 9.74. The summed E-state index contributed by atoms with van der Waals surface area (Å²) in [5.41, 5.74) is 0.807. The lowest BCUT2D eigenvalue weighted by Gasteiger charge is -2.41. The van der Waals surface area contributed by atoms with Crippen molar-refractivity contribution in [1.82, 2.24) is 5.32 Å². The molecule has 0 atom stereocenters. The first kappa shape index (κ1) is 15.0. The molecule has 1 saturated carbocycles. The summed E-state index contributed by atoms with van der Waals surface area (Å²) in [5.74, 6) is -2.55. The van der Waals surface area contributed by atoms with Crippen LogP contribution in [-0.2, 0) is 14.4 Å². The summed E-state index contributed by atoms with van der Waals surface area (Å²) in [6.07, 6.45) is 1.87. The van der Waals surface area contributed by atoms with Crippen LogP contribution in [0, 0.1) is 6.92 Å². The number of nitrogens with one attached hydrogen (secondary N) is 2. The molecule has 112 valence electrons. The summed E-state index contributed by atoms with van der Waals surface area (Å²) < 4.78 is 0. The molecule has 1 aliphatic rings. The molecule has 0 radical (unpaired) electrons.